The van der Waals surface area contributed by atoms with Crippen molar-refractivity contribution in [2.45, 2.75) is 30.8 Å². The summed E-state index contributed by atoms with van der Waals surface area (Å²) in [6.07, 6.45) is 3.65. The van der Waals surface area contributed by atoms with Gasteiger partial charge in [0.05, 0.1) is 26.4 Å². The highest BCUT2D eigenvalue weighted by Crippen LogP contribution is 2.35. The molecule has 3 aliphatic rings. The van der Waals surface area contributed by atoms with Gasteiger partial charge in [0.1, 0.15) is 11.4 Å². The van der Waals surface area contributed by atoms with Crippen molar-refractivity contribution in [3.63, 3.8) is 0 Å². The zero-order valence-electron chi connectivity index (χ0n) is 16.1. The number of aliphatic hydroxyl groups is 1. The second kappa shape index (κ2) is 7.55. The molecule has 28 heavy (non-hydrogen) atoms. The van der Waals surface area contributed by atoms with Crippen molar-refractivity contribution in [2.24, 2.45) is 5.92 Å². The van der Waals surface area contributed by atoms with Gasteiger partial charge in [-0.15, -0.1) is 15.3 Å². The normalized spacial score (nSPS) is 23.4. The molecule has 152 valence electrons. The maximum atomic E-state index is 10.5. The third-order valence-electron chi connectivity index (χ3n) is 6.02. The molecule has 4 heterocycles. The van der Waals surface area contributed by atoms with Gasteiger partial charge in [-0.05, 0) is 25.0 Å². The van der Waals surface area contributed by atoms with Crippen molar-refractivity contribution >= 4 is 11.5 Å². The summed E-state index contributed by atoms with van der Waals surface area (Å²) < 4.78 is 12.7. The Kier molecular flexibility index (Phi) is 4.92. The van der Waals surface area contributed by atoms with Crippen LogP contribution in [0, 0.1) is 5.92 Å². The van der Waals surface area contributed by atoms with Gasteiger partial charge in [0.25, 0.3) is 0 Å². The Labute approximate surface area is 164 Å². The first-order valence-electron chi connectivity index (χ1n) is 10.3. The monoisotopic (exact) mass is 388 g/mol. The summed E-state index contributed by atoms with van der Waals surface area (Å²) in [5, 5.41) is 27.3. The quantitative estimate of drug-likeness (QED) is 0.724. The molecule has 5 rings (SSSR count). The van der Waals surface area contributed by atoms with Crippen LogP contribution in [0.2, 0.25) is 0 Å². The minimum Gasteiger partial charge on any atom is -0.384 e. The van der Waals surface area contributed by atoms with E-state index in [4.69, 9.17) is 14.6 Å². The maximum Gasteiger partial charge on any atom is 0.178 e. The molecule has 1 aliphatic carbocycles. The van der Waals surface area contributed by atoms with Crippen molar-refractivity contribution in [3.8, 4) is 0 Å². The van der Waals surface area contributed by atoms with Crippen LogP contribution in [0.15, 0.2) is 12.1 Å². The zero-order chi connectivity index (χ0) is 19.0. The second-order valence-corrected chi connectivity index (χ2v) is 8.38. The van der Waals surface area contributed by atoms with Gasteiger partial charge in [-0.1, -0.05) is 6.42 Å². The fourth-order valence-electron chi connectivity index (χ4n) is 4.07. The Morgan fingerprint density at radius 1 is 1.14 bits per heavy atom. The fourth-order valence-corrected chi connectivity index (χ4v) is 4.07. The lowest BCUT2D eigenvalue weighted by atomic mass is 9.85. The predicted octanol–water partition coefficient (Wildman–Crippen LogP) is 0.196. The summed E-state index contributed by atoms with van der Waals surface area (Å²) >= 11 is 0. The molecular formula is C19H28N6O3. The molecule has 9 nitrogen and oxygen atoms in total. The summed E-state index contributed by atoms with van der Waals surface area (Å²) in [6, 6.07) is 4.03. The molecular weight excluding hydrogens is 360 g/mol. The molecule has 0 radical (unpaired) electrons. The number of hydrogen-bond donors (Lipinski definition) is 2. The van der Waals surface area contributed by atoms with E-state index in [-0.39, 0.29) is 0 Å². The van der Waals surface area contributed by atoms with Crippen molar-refractivity contribution in [3.05, 3.63) is 18.0 Å². The van der Waals surface area contributed by atoms with Crippen molar-refractivity contribution < 1.29 is 14.6 Å². The molecule has 1 saturated carbocycles. The van der Waals surface area contributed by atoms with E-state index in [0.717, 1.165) is 36.9 Å². The molecule has 2 aromatic rings. The van der Waals surface area contributed by atoms with Gasteiger partial charge < -0.3 is 24.8 Å². The van der Waals surface area contributed by atoms with Crippen LogP contribution in [0.1, 0.15) is 31.0 Å². The number of fused-ring (bicyclic) bond motifs is 1. The Bertz CT molecular complexity index is 809. The minimum atomic E-state index is -0.932. The van der Waals surface area contributed by atoms with Gasteiger partial charge >= 0.3 is 0 Å². The van der Waals surface area contributed by atoms with Crippen LogP contribution in [0.25, 0.3) is 5.65 Å². The van der Waals surface area contributed by atoms with Gasteiger partial charge in [0.15, 0.2) is 11.5 Å². The molecule has 2 aromatic heterocycles. The fraction of sp³-hybridized carbons (Fsp3) is 0.737. The van der Waals surface area contributed by atoms with Crippen LogP contribution < -0.4 is 10.2 Å². The van der Waals surface area contributed by atoms with E-state index in [1.165, 1.54) is 19.3 Å². The average molecular weight is 388 g/mol. The number of hydrogen-bond acceptors (Lipinski definition) is 8. The SMILES string of the molecule is OC1(CNCC2CN(c3ccc4nnc(C5CCC5)n4n3)C2)COCCOC1. The molecule has 2 N–H and O–H groups in total. The van der Waals surface area contributed by atoms with E-state index >= 15 is 0 Å². The summed E-state index contributed by atoms with van der Waals surface area (Å²) in [4.78, 5) is 2.28. The largest absolute Gasteiger partial charge is 0.384 e. The summed E-state index contributed by atoms with van der Waals surface area (Å²) in [5.74, 6) is 3.03. The molecule has 0 bridgehead atoms. The summed E-state index contributed by atoms with van der Waals surface area (Å²) in [5.41, 5.74) is -0.107. The Morgan fingerprint density at radius 2 is 1.93 bits per heavy atom. The van der Waals surface area contributed by atoms with E-state index in [9.17, 15) is 5.11 Å². The highest BCUT2D eigenvalue weighted by atomic mass is 16.6. The summed E-state index contributed by atoms with van der Waals surface area (Å²) in [7, 11) is 0. The number of aromatic nitrogens is 4. The van der Waals surface area contributed by atoms with Crippen molar-refractivity contribution in [1.82, 2.24) is 25.1 Å². The molecule has 2 saturated heterocycles. The third-order valence-corrected chi connectivity index (χ3v) is 6.02. The Hall–Kier alpha value is -1.81. The third kappa shape index (κ3) is 3.59. The van der Waals surface area contributed by atoms with Gasteiger partial charge in [-0.3, -0.25) is 0 Å². The van der Waals surface area contributed by atoms with Crippen LogP contribution >= 0.6 is 0 Å². The van der Waals surface area contributed by atoms with Crippen LogP contribution in [0.5, 0.6) is 0 Å². The molecule has 0 aromatic carbocycles. The molecule has 0 unspecified atom stereocenters. The van der Waals surface area contributed by atoms with E-state index in [2.05, 4.69) is 20.4 Å². The van der Waals surface area contributed by atoms with Gasteiger partial charge in [-0.25, -0.2) is 0 Å². The molecule has 0 amide bonds. The lowest BCUT2D eigenvalue weighted by Gasteiger charge is -2.40. The van der Waals surface area contributed by atoms with E-state index in [0.29, 0.717) is 44.8 Å². The molecule has 2 aliphatic heterocycles. The van der Waals surface area contributed by atoms with Gasteiger partial charge in [-0.2, -0.15) is 4.52 Å². The number of anilines is 1. The lowest BCUT2D eigenvalue weighted by Crippen LogP contribution is -2.54. The Morgan fingerprint density at radius 3 is 2.64 bits per heavy atom. The maximum absolute atomic E-state index is 10.5. The van der Waals surface area contributed by atoms with E-state index in [1.54, 1.807) is 0 Å². The van der Waals surface area contributed by atoms with Crippen LogP contribution in [-0.2, 0) is 9.47 Å². The molecule has 0 atom stereocenters. The van der Waals surface area contributed by atoms with E-state index in [1.807, 2.05) is 16.6 Å². The second-order valence-electron chi connectivity index (χ2n) is 8.38. The standard InChI is InChI=1S/C19H28N6O3/c26-19(12-27-6-7-28-13-19)11-20-8-14-9-24(10-14)17-5-4-16-21-22-18(25(16)23-17)15-2-1-3-15/h4-5,14-15,20,26H,1-3,6-13H2. The van der Waals surface area contributed by atoms with Crippen LogP contribution in [0.3, 0.4) is 0 Å². The van der Waals surface area contributed by atoms with Gasteiger partial charge in [0.2, 0.25) is 0 Å². The molecule has 9 heteroatoms. The number of rotatable bonds is 6. The van der Waals surface area contributed by atoms with Crippen molar-refractivity contribution in [1.29, 1.82) is 0 Å². The first-order chi connectivity index (χ1) is 13.7. The first-order valence-corrected chi connectivity index (χ1v) is 10.3. The highest BCUT2D eigenvalue weighted by molar-refractivity contribution is 5.47. The lowest BCUT2D eigenvalue weighted by molar-refractivity contribution is -0.0534. The number of nitrogens with one attached hydrogen (secondary N) is 1. The predicted molar refractivity (Wildman–Crippen MR) is 103 cm³/mol. The van der Waals surface area contributed by atoms with Crippen LogP contribution in [-0.4, -0.2) is 83.1 Å². The highest BCUT2D eigenvalue weighted by Gasteiger charge is 2.32. The smallest absolute Gasteiger partial charge is 0.178 e. The molecule has 0 spiro atoms. The van der Waals surface area contributed by atoms with E-state index < -0.39 is 5.60 Å². The number of nitrogens with zero attached hydrogens (tertiary/aromatic N) is 5. The Balaban J connectivity index is 1.14. The topological polar surface area (TPSA) is 97.0 Å². The average Bonchev–Trinajstić information content (AvgIpc) is 2.88. The number of ether oxygens (including phenoxy) is 2. The van der Waals surface area contributed by atoms with Crippen molar-refractivity contribution in [2.75, 3.05) is 57.5 Å². The first kappa shape index (κ1) is 18.2. The zero-order valence-corrected chi connectivity index (χ0v) is 16.1. The minimum absolute atomic E-state index is 0.322. The van der Waals surface area contributed by atoms with Crippen LogP contribution in [0.4, 0.5) is 5.82 Å². The summed E-state index contributed by atoms with van der Waals surface area (Å²) in [6.45, 7) is 5.00. The van der Waals surface area contributed by atoms with Gasteiger partial charge in [0, 0.05) is 38.0 Å². The molecule has 3 fully saturated rings.